The smallest absolute Gasteiger partial charge is 0.0841 e. The number of aromatic nitrogens is 1. The van der Waals surface area contributed by atoms with Crippen LogP contribution in [0.15, 0.2) is 55.1 Å². The Hall–Kier alpha value is -1.78. The molecule has 1 saturated heterocycles. The van der Waals surface area contributed by atoms with Crippen molar-refractivity contribution in [2.24, 2.45) is 5.41 Å². The van der Waals surface area contributed by atoms with Gasteiger partial charge in [0.1, 0.15) is 0 Å². The van der Waals surface area contributed by atoms with Crippen molar-refractivity contribution in [1.82, 2.24) is 14.8 Å². The van der Waals surface area contributed by atoms with Crippen molar-refractivity contribution in [3.8, 4) is 0 Å². The molecule has 4 heteroatoms. The first kappa shape index (κ1) is 20.5. The van der Waals surface area contributed by atoms with Crippen molar-refractivity contribution in [1.29, 1.82) is 0 Å². The molecular weight excluding hydrogens is 338 g/mol. The molecule has 0 spiro atoms. The lowest BCUT2D eigenvalue weighted by Gasteiger charge is -2.39. The van der Waals surface area contributed by atoms with Crippen molar-refractivity contribution in [3.05, 3.63) is 55.8 Å². The first-order chi connectivity index (χ1) is 12.3. The summed E-state index contributed by atoms with van der Waals surface area (Å²) in [6.45, 7) is 22.7. The van der Waals surface area contributed by atoms with Crippen LogP contribution in [0, 0.1) is 5.41 Å². The number of hydrogen-bond donors (Lipinski definition) is 1. The highest BCUT2D eigenvalue weighted by Crippen LogP contribution is 2.29. The fraction of sp³-hybridized carbons (Fsp3) is 0.409. The maximum Gasteiger partial charge on any atom is 0.0841 e. The van der Waals surface area contributed by atoms with Gasteiger partial charge in [-0.15, -0.1) is 25.8 Å². The van der Waals surface area contributed by atoms with Gasteiger partial charge in [0, 0.05) is 60.5 Å². The number of nitrogens with zero attached hydrogens (tertiary/aromatic N) is 3. The van der Waals surface area contributed by atoms with Gasteiger partial charge >= 0.3 is 0 Å². The molecule has 0 amide bonds. The van der Waals surface area contributed by atoms with Crippen LogP contribution in [0.25, 0.3) is 16.6 Å². The van der Waals surface area contributed by atoms with Gasteiger partial charge in [0.05, 0.1) is 5.52 Å². The van der Waals surface area contributed by atoms with Crippen LogP contribution in [0.3, 0.4) is 0 Å². The van der Waals surface area contributed by atoms with Crippen LogP contribution in [-0.2, 0) is 0 Å². The molecule has 1 aromatic carbocycles. The molecule has 0 atom stereocenters. The summed E-state index contributed by atoms with van der Waals surface area (Å²) in [7, 11) is 0. The molecule has 0 unspecified atom stereocenters. The predicted octanol–water partition coefficient (Wildman–Crippen LogP) is 4.96. The molecule has 1 fully saturated rings. The Morgan fingerprint density at radius 1 is 1.12 bits per heavy atom. The van der Waals surface area contributed by atoms with Crippen LogP contribution in [0.4, 0.5) is 0 Å². The average molecular weight is 370 g/mol. The summed E-state index contributed by atoms with van der Waals surface area (Å²) in [6.07, 6.45) is 1.86. The van der Waals surface area contributed by atoms with Gasteiger partial charge in [0.15, 0.2) is 0 Å². The van der Waals surface area contributed by atoms with Crippen LogP contribution < -0.4 is 0 Å². The minimum absolute atomic E-state index is 0.351. The second kappa shape index (κ2) is 8.74. The molecule has 3 rings (SSSR count). The zero-order chi connectivity index (χ0) is 19.3. The van der Waals surface area contributed by atoms with Crippen molar-refractivity contribution < 1.29 is 0 Å². The second-order valence-corrected chi connectivity index (χ2v) is 8.28. The largest absolute Gasteiger partial charge is 0.369 e. The fourth-order valence-electron chi connectivity index (χ4n) is 3.43. The van der Waals surface area contributed by atoms with Crippen LogP contribution in [-0.4, -0.2) is 47.5 Å². The molecule has 1 aliphatic heterocycles. The Labute approximate surface area is 163 Å². The van der Waals surface area contributed by atoms with E-state index in [0.29, 0.717) is 5.41 Å². The lowest BCUT2D eigenvalue weighted by molar-refractivity contribution is 0.132. The third-order valence-electron chi connectivity index (χ3n) is 4.51. The molecule has 1 aromatic heterocycles. The van der Waals surface area contributed by atoms with Crippen molar-refractivity contribution in [3.63, 3.8) is 0 Å². The summed E-state index contributed by atoms with van der Waals surface area (Å²) in [6, 6.07) is 8.19. The van der Waals surface area contributed by atoms with Crippen LogP contribution in [0.1, 0.15) is 26.3 Å². The molecule has 0 radical (unpaired) electrons. The van der Waals surface area contributed by atoms with E-state index in [1.165, 1.54) is 5.56 Å². The number of para-hydroxylation sites is 1. The lowest BCUT2D eigenvalue weighted by Crippen LogP contribution is -2.47. The molecule has 26 heavy (non-hydrogen) atoms. The van der Waals surface area contributed by atoms with Gasteiger partial charge < -0.3 is 4.90 Å². The van der Waals surface area contributed by atoms with E-state index in [2.05, 4.69) is 80.1 Å². The van der Waals surface area contributed by atoms with Crippen molar-refractivity contribution in [2.75, 3.05) is 32.7 Å². The minimum Gasteiger partial charge on any atom is -0.369 e. The van der Waals surface area contributed by atoms with E-state index in [9.17, 15) is 0 Å². The van der Waals surface area contributed by atoms with Gasteiger partial charge in [-0.2, -0.15) is 0 Å². The van der Waals surface area contributed by atoms with E-state index in [0.717, 1.165) is 54.2 Å². The van der Waals surface area contributed by atoms with E-state index in [1.807, 2.05) is 18.3 Å². The Balaban J connectivity index is 0.00000117. The monoisotopic (exact) mass is 369 g/mol. The molecule has 0 N–H and O–H groups in total. The molecule has 0 saturated carbocycles. The number of fused-ring (bicyclic) bond motifs is 1. The molecule has 2 aromatic rings. The number of thiol groups is 1. The number of rotatable bonds is 3. The summed E-state index contributed by atoms with van der Waals surface area (Å²) >= 11 is 4.53. The second-order valence-electron chi connectivity index (χ2n) is 7.80. The summed E-state index contributed by atoms with van der Waals surface area (Å²) in [4.78, 5) is 10.3. The summed E-state index contributed by atoms with van der Waals surface area (Å²) in [5.41, 5.74) is 3.56. The van der Waals surface area contributed by atoms with Gasteiger partial charge in [-0.1, -0.05) is 39.5 Å². The maximum absolute atomic E-state index is 4.53. The van der Waals surface area contributed by atoms with E-state index in [-0.39, 0.29) is 0 Å². The van der Waals surface area contributed by atoms with Gasteiger partial charge in [-0.3, -0.25) is 9.88 Å². The SMILES string of the molecule is C=C.C=C(c1ccnc2c(S)cccc12)N1CCN(CC(C)(C)C)CC1. The van der Waals surface area contributed by atoms with E-state index >= 15 is 0 Å². The van der Waals surface area contributed by atoms with Gasteiger partial charge in [0.2, 0.25) is 0 Å². The topological polar surface area (TPSA) is 19.4 Å². The van der Waals surface area contributed by atoms with E-state index < -0.39 is 0 Å². The maximum atomic E-state index is 4.53. The Morgan fingerprint density at radius 3 is 2.38 bits per heavy atom. The quantitative estimate of drug-likeness (QED) is 0.610. The number of pyridine rings is 1. The number of hydrogen-bond acceptors (Lipinski definition) is 4. The third-order valence-corrected chi connectivity index (χ3v) is 4.87. The zero-order valence-electron chi connectivity index (χ0n) is 16.3. The summed E-state index contributed by atoms with van der Waals surface area (Å²) in [5, 5.41) is 1.13. The average Bonchev–Trinajstić information content (AvgIpc) is 2.62. The molecule has 140 valence electrons. The third kappa shape index (κ3) is 4.89. The number of piperazine rings is 1. The van der Waals surface area contributed by atoms with Crippen molar-refractivity contribution >= 4 is 29.2 Å². The highest BCUT2D eigenvalue weighted by molar-refractivity contribution is 7.80. The summed E-state index contributed by atoms with van der Waals surface area (Å²) < 4.78 is 0. The Kier molecular flexibility index (Phi) is 6.90. The van der Waals surface area contributed by atoms with Crippen molar-refractivity contribution in [2.45, 2.75) is 25.7 Å². The zero-order valence-corrected chi connectivity index (χ0v) is 17.2. The fourth-order valence-corrected chi connectivity index (χ4v) is 3.69. The standard InChI is InChI=1S/C20H27N3S.C2H4/c1-15(23-12-10-22(11-13-23)14-20(2,3)4)16-8-9-21-19-17(16)6-5-7-18(19)24;1-2/h5-9,24H,1,10-14H2,2-4H3;1-2H2. The molecule has 2 heterocycles. The van der Waals surface area contributed by atoms with Gasteiger partial charge in [0.25, 0.3) is 0 Å². The first-order valence-corrected chi connectivity index (χ1v) is 9.53. The highest BCUT2D eigenvalue weighted by Gasteiger charge is 2.23. The molecular formula is C22H31N3S. The van der Waals surface area contributed by atoms with Gasteiger partial charge in [-0.25, -0.2) is 0 Å². The molecule has 0 aliphatic carbocycles. The van der Waals surface area contributed by atoms with E-state index in [1.54, 1.807) is 0 Å². The normalized spacial score (nSPS) is 15.5. The van der Waals surface area contributed by atoms with Crippen LogP contribution in [0.2, 0.25) is 0 Å². The Bertz CT molecular complexity index is 756. The van der Waals surface area contributed by atoms with Crippen LogP contribution in [0.5, 0.6) is 0 Å². The highest BCUT2D eigenvalue weighted by atomic mass is 32.1. The molecule has 1 aliphatic rings. The lowest BCUT2D eigenvalue weighted by atomic mass is 9.95. The summed E-state index contributed by atoms with van der Waals surface area (Å²) in [5.74, 6) is 0. The Morgan fingerprint density at radius 2 is 1.77 bits per heavy atom. The molecule has 3 nitrogen and oxygen atoms in total. The minimum atomic E-state index is 0.351. The van der Waals surface area contributed by atoms with Gasteiger partial charge in [-0.05, 0) is 17.5 Å². The van der Waals surface area contributed by atoms with Crippen LogP contribution >= 0.6 is 12.6 Å². The number of benzene rings is 1. The van der Waals surface area contributed by atoms with E-state index in [4.69, 9.17) is 0 Å². The molecule has 0 bridgehead atoms. The first-order valence-electron chi connectivity index (χ1n) is 9.08. The predicted molar refractivity (Wildman–Crippen MR) is 117 cm³/mol.